The molecule has 1 aliphatic heterocycles. The van der Waals surface area contributed by atoms with E-state index in [0.29, 0.717) is 0 Å². The van der Waals surface area contributed by atoms with E-state index >= 15 is 0 Å². The third-order valence-corrected chi connectivity index (χ3v) is 8.01. The molecule has 0 spiro atoms. The van der Waals surface area contributed by atoms with Gasteiger partial charge in [-0.2, -0.15) is 12.7 Å². The lowest BCUT2D eigenvalue weighted by molar-refractivity contribution is -0.125. The summed E-state index contributed by atoms with van der Waals surface area (Å²) in [6.07, 6.45) is 4.13. The largest absolute Gasteiger partial charge is 0.355 e. The normalized spacial score (nSPS) is 18.4. The molecule has 0 radical (unpaired) electrons. The van der Waals surface area contributed by atoms with E-state index in [1.54, 1.807) is 6.07 Å². The smallest absolute Gasteiger partial charge is 0.276 e. The van der Waals surface area contributed by atoms with Crippen LogP contribution in [0, 0.1) is 5.82 Å². The summed E-state index contributed by atoms with van der Waals surface area (Å²) in [6, 6.07) is 9.63. The standard InChI is InChI=1S/C23H26ClFN4O4S/c1-27-21(30)16-10-18(24)19(25)11-20(16)28-22(31)23(12-29(13-23)34(26,32)33)17-9-5-4-8-15(17)14-6-2-3-7-14/h4-5,8-11,14H,2-3,6-7,12-13H2,1H3,(H,27,30)(H,28,31)(H2,26,32,33). The molecule has 4 rings (SSSR count). The molecule has 1 saturated carbocycles. The van der Waals surface area contributed by atoms with E-state index in [9.17, 15) is 22.4 Å². The highest BCUT2D eigenvalue weighted by molar-refractivity contribution is 7.86. The molecule has 8 nitrogen and oxygen atoms in total. The first-order valence-corrected chi connectivity index (χ1v) is 12.8. The van der Waals surface area contributed by atoms with E-state index in [1.165, 1.54) is 7.05 Å². The minimum atomic E-state index is -4.01. The number of carbonyl (C=O) groups excluding carboxylic acids is 2. The molecule has 34 heavy (non-hydrogen) atoms. The highest BCUT2D eigenvalue weighted by Gasteiger charge is 2.55. The topological polar surface area (TPSA) is 122 Å². The van der Waals surface area contributed by atoms with Gasteiger partial charge in [-0.25, -0.2) is 9.53 Å². The predicted octanol–water partition coefficient (Wildman–Crippen LogP) is 2.89. The minimum absolute atomic E-state index is 0.0101. The Kier molecular flexibility index (Phi) is 6.69. The van der Waals surface area contributed by atoms with Crippen LogP contribution >= 0.6 is 11.6 Å². The number of amides is 2. The highest BCUT2D eigenvalue weighted by atomic mass is 35.5. The molecule has 0 atom stereocenters. The van der Waals surface area contributed by atoms with Crippen LogP contribution in [0.15, 0.2) is 36.4 Å². The summed E-state index contributed by atoms with van der Waals surface area (Å²) in [7, 11) is -2.61. The first kappa shape index (κ1) is 24.6. The van der Waals surface area contributed by atoms with Crippen molar-refractivity contribution in [2.24, 2.45) is 5.14 Å². The van der Waals surface area contributed by atoms with E-state index in [4.69, 9.17) is 16.7 Å². The second kappa shape index (κ2) is 9.26. The molecule has 4 N–H and O–H groups in total. The number of hydrogen-bond acceptors (Lipinski definition) is 4. The third-order valence-electron chi connectivity index (χ3n) is 6.74. The van der Waals surface area contributed by atoms with Gasteiger partial charge in [-0.05, 0) is 42.0 Å². The monoisotopic (exact) mass is 508 g/mol. The molecule has 2 aromatic rings. The number of halogens is 2. The van der Waals surface area contributed by atoms with Crippen LogP contribution in [0.25, 0.3) is 0 Å². The van der Waals surface area contributed by atoms with E-state index in [1.807, 2.05) is 18.2 Å². The van der Waals surface area contributed by atoms with Crippen molar-refractivity contribution in [3.63, 3.8) is 0 Å². The van der Waals surface area contributed by atoms with Gasteiger partial charge in [-0.1, -0.05) is 48.7 Å². The SMILES string of the molecule is CNC(=O)c1cc(Cl)c(F)cc1NC(=O)C1(c2ccccc2C2CCCC2)CN(S(N)(=O)=O)C1. The zero-order chi connectivity index (χ0) is 24.7. The Morgan fingerprint density at radius 1 is 1.18 bits per heavy atom. The molecule has 0 aromatic heterocycles. The molecule has 2 aliphatic rings. The number of anilines is 1. The van der Waals surface area contributed by atoms with Crippen LogP contribution in [0.4, 0.5) is 10.1 Å². The summed E-state index contributed by atoms with van der Waals surface area (Å²) in [5.41, 5.74) is 0.400. The number of benzene rings is 2. The molecule has 1 heterocycles. The van der Waals surface area contributed by atoms with Gasteiger partial charge in [-0.15, -0.1) is 0 Å². The number of rotatable bonds is 6. The second-order valence-corrected chi connectivity index (χ2v) is 10.8. The lowest BCUT2D eigenvalue weighted by atomic mass is 9.70. The second-order valence-electron chi connectivity index (χ2n) is 8.81. The van der Waals surface area contributed by atoms with Gasteiger partial charge in [0.1, 0.15) is 11.2 Å². The fourth-order valence-electron chi connectivity index (χ4n) is 4.91. The lowest BCUT2D eigenvalue weighted by Gasteiger charge is -2.48. The molecular weight excluding hydrogens is 483 g/mol. The van der Waals surface area contributed by atoms with Gasteiger partial charge in [-0.3, -0.25) is 9.59 Å². The predicted molar refractivity (Wildman–Crippen MR) is 127 cm³/mol. The highest BCUT2D eigenvalue weighted by Crippen LogP contribution is 2.44. The number of hydrogen-bond donors (Lipinski definition) is 3. The summed E-state index contributed by atoms with van der Waals surface area (Å²) < 4.78 is 39.2. The number of carbonyl (C=O) groups is 2. The average molecular weight is 509 g/mol. The van der Waals surface area contributed by atoms with Crippen molar-refractivity contribution < 1.29 is 22.4 Å². The third kappa shape index (κ3) is 4.43. The van der Waals surface area contributed by atoms with Crippen LogP contribution in [0.2, 0.25) is 5.02 Å². The molecule has 2 fully saturated rings. The Balaban J connectivity index is 1.77. The molecule has 182 valence electrons. The summed E-state index contributed by atoms with van der Waals surface area (Å²) in [5, 5.41) is 10.2. The van der Waals surface area contributed by atoms with Gasteiger partial charge < -0.3 is 10.6 Å². The average Bonchev–Trinajstić information content (AvgIpc) is 3.29. The van der Waals surface area contributed by atoms with Gasteiger partial charge >= 0.3 is 0 Å². The fraction of sp³-hybridized carbons (Fsp3) is 0.391. The van der Waals surface area contributed by atoms with Gasteiger partial charge in [0.05, 0.1) is 16.3 Å². The molecule has 2 aromatic carbocycles. The maximum Gasteiger partial charge on any atom is 0.276 e. The maximum absolute atomic E-state index is 14.3. The van der Waals surface area contributed by atoms with Crippen LogP contribution in [-0.2, 0) is 20.4 Å². The lowest BCUT2D eigenvalue weighted by Crippen LogP contribution is -2.67. The molecule has 2 amide bonds. The summed E-state index contributed by atoms with van der Waals surface area (Å²) in [4.78, 5) is 26.1. The van der Waals surface area contributed by atoms with Crippen molar-refractivity contribution in [2.45, 2.75) is 37.0 Å². The molecule has 11 heteroatoms. The van der Waals surface area contributed by atoms with Crippen molar-refractivity contribution in [1.82, 2.24) is 9.62 Å². The molecule has 1 saturated heterocycles. The minimum Gasteiger partial charge on any atom is -0.355 e. The van der Waals surface area contributed by atoms with E-state index in [0.717, 1.165) is 53.2 Å². The Bertz CT molecular complexity index is 1240. The van der Waals surface area contributed by atoms with Gasteiger partial charge in [0.2, 0.25) is 5.91 Å². The van der Waals surface area contributed by atoms with Crippen molar-refractivity contribution in [2.75, 3.05) is 25.5 Å². The first-order chi connectivity index (χ1) is 16.1. The van der Waals surface area contributed by atoms with Crippen molar-refractivity contribution in [3.05, 3.63) is 63.9 Å². The van der Waals surface area contributed by atoms with Crippen LogP contribution in [0.3, 0.4) is 0 Å². The van der Waals surface area contributed by atoms with Crippen molar-refractivity contribution in [3.8, 4) is 0 Å². The summed E-state index contributed by atoms with van der Waals surface area (Å²) in [6.45, 7) is -0.320. The number of nitrogens with two attached hydrogens (primary N) is 1. The van der Waals surface area contributed by atoms with Crippen LogP contribution in [0.1, 0.15) is 53.1 Å². The molecule has 0 bridgehead atoms. The summed E-state index contributed by atoms with van der Waals surface area (Å²) in [5.74, 6) is -1.65. The van der Waals surface area contributed by atoms with Gasteiger partial charge in [0.15, 0.2) is 0 Å². The van der Waals surface area contributed by atoms with Gasteiger partial charge in [0.25, 0.3) is 16.1 Å². The van der Waals surface area contributed by atoms with Crippen LogP contribution < -0.4 is 15.8 Å². The van der Waals surface area contributed by atoms with Gasteiger partial charge in [0, 0.05) is 20.1 Å². The molecule has 1 aliphatic carbocycles. The molecule has 0 unspecified atom stereocenters. The number of nitrogens with one attached hydrogen (secondary N) is 2. The van der Waals surface area contributed by atoms with Crippen LogP contribution in [0.5, 0.6) is 0 Å². The Morgan fingerprint density at radius 3 is 2.44 bits per heavy atom. The van der Waals surface area contributed by atoms with E-state index in [2.05, 4.69) is 10.6 Å². The van der Waals surface area contributed by atoms with E-state index in [-0.39, 0.29) is 35.3 Å². The number of nitrogens with zero attached hydrogens (tertiary/aromatic N) is 1. The zero-order valence-corrected chi connectivity index (χ0v) is 20.2. The Hall–Kier alpha value is -2.53. The van der Waals surface area contributed by atoms with E-state index < -0.39 is 33.3 Å². The Morgan fingerprint density at radius 2 is 1.82 bits per heavy atom. The maximum atomic E-state index is 14.3. The Labute approximate surface area is 202 Å². The van der Waals surface area contributed by atoms with Crippen molar-refractivity contribution >= 4 is 39.3 Å². The van der Waals surface area contributed by atoms with Crippen molar-refractivity contribution in [1.29, 1.82) is 0 Å². The zero-order valence-electron chi connectivity index (χ0n) is 18.6. The first-order valence-electron chi connectivity index (χ1n) is 11.0. The van der Waals surface area contributed by atoms with Crippen LogP contribution in [-0.4, -0.2) is 44.7 Å². The quantitative estimate of drug-likeness (QED) is 0.555. The fourth-order valence-corrected chi connectivity index (χ4v) is 5.88. The summed E-state index contributed by atoms with van der Waals surface area (Å²) >= 11 is 5.86. The molecular formula is C23H26ClFN4O4S.